The molecular formula is C18H16N2O7. The van der Waals surface area contributed by atoms with Gasteiger partial charge in [0.15, 0.2) is 6.61 Å². The number of nitro benzene ring substituents is 1. The Morgan fingerprint density at radius 3 is 2.44 bits per heavy atom. The number of nitrogens with one attached hydrogen (secondary N) is 1. The molecule has 9 nitrogen and oxygen atoms in total. The smallest absolute Gasteiger partial charge is 0.339 e. The van der Waals surface area contributed by atoms with E-state index in [-0.39, 0.29) is 22.5 Å². The first-order chi connectivity index (χ1) is 12.8. The number of benzene rings is 2. The van der Waals surface area contributed by atoms with Gasteiger partial charge < -0.3 is 14.8 Å². The lowest BCUT2D eigenvalue weighted by atomic mass is 10.1. The molecule has 1 amide bonds. The zero-order chi connectivity index (χ0) is 20.0. The first kappa shape index (κ1) is 19.6. The van der Waals surface area contributed by atoms with Gasteiger partial charge in [0, 0.05) is 11.6 Å². The lowest BCUT2D eigenvalue weighted by molar-refractivity contribution is -0.385. The van der Waals surface area contributed by atoms with E-state index in [1.54, 1.807) is 12.1 Å². The summed E-state index contributed by atoms with van der Waals surface area (Å²) in [5.74, 6) is -2.08. The van der Waals surface area contributed by atoms with Crippen LogP contribution in [0.3, 0.4) is 0 Å². The molecule has 2 aromatic carbocycles. The normalized spacial score (nSPS) is 10.0. The van der Waals surface area contributed by atoms with E-state index in [9.17, 15) is 24.5 Å². The monoisotopic (exact) mass is 372 g/mol. The second kappa shape index (κ2) is 8.56. The lowest BCUT2D eigenvalue weighted by Crippen LogP contribution is -2.22. The van der Waals surface area contributed by atoms with Gasteiger partial charge in [-0.2, -0.15) is 0 Å². The predicted octanol–water partition coefficient (Wildman–Crippen LogP) is 2.49. The molecule has 2 rings (SSSR count). The Hall–Kier alpha value is -3.75. The van der Waals surface area contributed by atoms with Gasteiger partial charge >= 0.3 is 11.9 Å². The SMILES string of the molecule is COC(=O)c1ccccc1NC(=O)COC(=O)c1ccc([N+](=O)[O-])c(C)c1. The number of esters is 2. The van der Waals surface area contributed by atoms with Gasteiger partial charge in [-0.05, 0) is 31.2 Å². The summed E-state index contributed by atoms with van der Waals surface area (Å²) in [5, 5.41) is 13.3. The van der Waals surface area contributed by atoms with Crippen molar-refractivity contribution >= 4 is 29.2 Å². The molecule has 0 spiro atoms. The van der Waals surface area contributed by atoms with Gasteiger partial charge in [0.25, 0.3) is 11.6 Å². The van der Waals surface area contributed by atoms with E-state index in [1.807, 2.05) is 0 Å². The number of hydrogen-bond acceptors (Lipinski definition) is 7. The zero-order valence-corrected chi connectivity index (χ0v) is 14.6. The highest BCUT2D eigenvalue weighted by Crippen LogP contribution is 2.19. The number of methoxy groups -OCH3 is 1. The quantitative estimate of drug-likeness (QED) is 0.469. The molecule has 0 aliphatic carbocycles. The summed E-state index contributed by atoms with van der Waals surface area (Å²) in [6.07, 6.45) is 0. The molecule has 0 fully saturated rings. The van der Waals surface area contributed by atoms with Crippen molar-refractivity contribution in [1.29, 1.82) is 0 Å². The molecule has 0 aliphatic heterocycles. The predicted molar refractivity (Wildman–Crippen MR) is 94.5 cm³/mol. The van der Waals surface area contributed by atoms with Crippen LogP contribution in [-0.2, 0) is 14.3 Å². The molecule has 0 heterocycles. The molecule has 2 aromatic rings. The van der Waals surface area contributed by atoms with Crippen LogP contribution < -0.4 is 5.32 Å². The maximum absolute atomic E-state index is 12.0. The van der Waals surface area contributed by atoms with Crippen molar-refractivity contribution in [2.45, 2.75) is 6.92 Å². The standard InChI is InChI=1S/C18H16N2O7/c1-11-9-12(7-8-15(11)20(24)25)17(22)27-10-16(21)19-14-6-4-3-5-13(14)18(23)26-2/h3-9H,10H2,1-2H3,(H,19,21). The molecule has 0 unspecified atom stereocenters. The van der Waals surface area contributed by atoms with Crippen molar-refractivity contribution in [3.8, 4) is 0 Å². The van der Waals surface area contributed by atoms with Crippen LogP contribution in [0.25, 0.3) is 0 Å². The summed E-state index contributed by atoms with van der Waals surface area (Å²) >= 11 is 0. The van der Waals surface area contributed by atoms with E-state index in [4.69, 9.17) is 4.74 Å². The largest absolute Gasteiger partial charge is 0.465 e. The fraction of sp³-hybridized carbons (Fsp3) is 0.167. The fourth-order valence-corrected chi connectivity index (χ4v) is 2.27. The maximum atomic E-state index is 12.0. The molecule has 0 saturated heterocycles. The first-order valence-electron chi connectivity index (χ1n) is 7.73. The van der Waals surface area contributed by atoms with Gasteiger partial charge in [-0.15, -0.1) is 0 Å². The molecule has 0 radical (unpaired) electrons. The number of nitro groups is 1. The average molecular weight is 372 g/mol. The molecule has 27 heavy (non-hydrogen) atoms. The molecule has 0 bridgehead atoms. The van der Waals surface area contributed by atoms with Gasteiger partial charge in [-0.25, -0.2) is 9.59 Å². The van der Waals surface area contributed by atoms with E-state index < -0.39 is 29.4 Å². The third-order valence-corrected chi connectivity index (χ3v) is 3.57. The Labute approximate surface area is 154 Å². The third-order valence-electron chi connectivity index (χ3n) is 3.57. The summed E-state index contributed by atoms with van der Waals surface area (Å²) in [7, 11) is 1.22. The van der Waals surface area contributed by atoms with Crippen molar-refractivity contribution in [3.05, 3.63) is 69.3 Å². The average Bonchev–Trinajstić information content (AvgIpc) is 2.65. The second-order valence-electron chi connectivity index (χ2n) is 5.42. The van der Waals surface area contributed by atoms with E-state index in [0.29, 0.717) is 5.56 Å². The number of ether oxygens (including phenoxy) is 2. The molecule has 0 aliphatic rings. The number of aryl methyl sites for hydroxylation is 1. The van der Waals surface area contributed by atoms with Gasteiger partial charge in [-0.3, -0.25) is 14.9 Å². The molecule has 9 heteroatoms. The molecule has 0 atom stereocenters. The van der Waals surface area contributed by atoms with Crippen molar-refractivity contribution in [1.82, 2.24) is 0 Å². The summed E-state index contributed by atoms with van der Waals surface area (Å²) < 4.78 is 9.54. The molecule has 140 valence electrons. The Bertz CT molecular complexity index is 908. The third kappa shape index (κ3) is 4.88. The summed E-state index contributed by atoms with van der Waals surface area (Å²) in [4.78, 5) is 45.9. The number of amides is 1. The van der Waals surface area contributed by atoms with Gasteiger partial charge in [-0.1, -0.05) is 12.1 Å². The lowest BCUT2D eigenvalue weighted by Gasteiger charge is -2.10. The van der Waals surface area contributed by atoms with Crippen molar-refractivity contribution in [2.24, 2.45) is 0 Å². The van der Waals surface area contributed by atoms with E-state index >= 15 is 0 Å². The number of anilines is 1. The van der Waals surface area contributed by atoms with E-state index in [1.165, 1.54) is 44.4 Å². The Morgan fingerprint density at radius 2 is 1.81 bits per heavy atom. The minimum Gasteiger partial charge on any atom is -0.465 e. The number of carbonyl (C=O) groups is 3. The minimum atomic E-state index is -0.801. The van der Waals surface area contributed by atoms with Crippen molar-refractivity contribution < 1.29 is 28.8 Å². The Balaban J connectivity index is 2.00. The van der Waals surface area contributed by atoms with Crippen LogP contribution in [0.1, 0.15) is 26.3 Å². The number of nitrogens with zero attached hydrogens (tertiary/aromatic N) is 1. The summed E-state index contributed by atoms with van der Waals surface area (Å²) in [5.41, 5.74) is 0.637. The zero-order valence-electron chi connectivity index (χ0n) is 14.6. The van der Waals surface area contributed by atoms with Crippen LogP contribution >= 0.6 is 0 Å². The summed E-state index contributed by atoms with van der Waals surface area (Å²) in [6, 6.07) is 9.97. The number of rotatable bonds is 6. The second-order valence-corrected chi connectivity index (χ2v) is 5.42. The molecule has 0 saturated carbocycles. The van der Waals surface area contributed by atoms with Crippen LogP contribution in [0.2, 0.25) is 0 Å². The Morgan fingerprint density at radius 1 is 1.11 bits per heavy atom. The number of para-hydroxylation sites is 1. The van der Waals surface area contributed by atoms with Crippen LogP contribution in [0, 0.1) is 17.0 Å². The molecule has 1 N–H and O–H groups in total. The van der Waals surface area contributed by atoms with Crippen molar-refractivity contribution in [2.75, 3.05) is 19.0 Å². The fourth-order valence-electron chi connectivity index (χ4n) is 2.27. The van der Waals surface area contributed by atoms with Gasteiger partial charge in [0.05, 0.1) is 28.8 Å². The van der Waals surface area contributed by atoms with Gasteiger partial charge in [0.1, 0.15) is 0 Å². The van der Waals surface area contributed by atoms with Crippen LogP contribution in [0.5, 0.6) is 0 Å². The van der Waals surface area contributed by atoms with Crippen LogP contribution in [0.15, 0.2) is 42.5 Å². The van der Waals surface area contributed by atoms with Crippen LogP contribution in [0.4, 0.5) is 11.4 Å². The summed E-state index contributed by atoms with van der Waals surface area (Å²) in [6.45, 7) is 0.899. The van der Waals surface area contributed by atoms with E-state index in [2.05, 4.69) is 10.1 Å². The Kier molecular flexibility index (Phi) is 6.21. The topological polar surface area (TPSA) is 125 Å². The van der Waals surface area contributed by atoms with E-state index in [0.717, 1.165) is 0 Å². The van der Waals surface area contributed by atoms with Crippen molar-refractivity contribution in [3.63, 3.8) is 0 Å². The highest BCUT2D eigenvalue weighted by molar-refractivity contribution is 6.02. The maximum Gasteiger partial charge on any atom is 0.339 e. The highest BCUT2D eigenvalue weighted by atomic mass is 16.6. The number of carbonyl (C=O) groups excluding carboxylic acids is 3. The van der Waals surface area contributed by atoms with Crippen LogP contribution in [-0.4, -0.2) is 36.5 Å². The minimum absolute atomic E-state index is 0.0841. The molecular weight excluding hydrogens is 356 g/mol. The highest BCUT2D eigenvalue weighted by Gasteiger charge is 2.17. The molecule has 0 aromatic heterocycles. The number of hydrogen-bond donors (Lipinski definition) is 1. The van der Waals surface area contributed by atoms with Gasteiger partial charge in [0.2, 0.25) is 0 Å². The first-order valence-corrected chi connectivity index (χ1v) is 7.73.